The van der Waals surface area contributed by atoms with Crippen LogP contribution in [0.2, 0.25) is 0 Å². The van der Waals surface area contributed by atoms with Crippen molar-refractivity contribution in [3.05, 3.63) is 179 Å². The van der Waals surface area contributed by atoms with Crippen LogP contribution in [0, 0.1) is 0 Å². The van der Waals surface area contributed by atoms with Gasteiger partial charge >= 0.3 is 66.1 Å². The standard InChI is InChI=1S/3C16H10O4.2Al/c3*17-15(18)12-6-5-11-7-9-3-1-2-4-10(9)8-13(11)14(12)16(19)20;;/h3*1-8H,(H,17,18)(H,19,20);;/q;;;2*+3/p-6. The molecular weight excluding hydrogens is 822 g/mol. The molecule has 0 fully saturated rings. The molecule has 14 heteroatoms. The second kappa shape index (κ2) is 14.6. The summed E-state index contributed by atoms with van der Waals surface area (Å²) in [4.78, 5) is 83.3. The van der Waals surface area contributed by atoms with Crippen molar-refractivity contribution in [1.29, 1.82) is 0 Å². The number of hydrogen-bond donors (Lipinski definition) is 0. The molecule has 0 aliphatic carbocycles. The van der Waals surface area contributed by atoms with Crippen molar-refractivity contribution < 1.29 is 51.5 Å². The highest BCUT2D eigenvalue weighted by molar-refractivity contribution is 6.49. The summed E-state index contributed by atoms with van der Waals surface area (Å²) in [6.07, 6.45) is 0. The molecule has 0 aromatic heterocycles. The normalized spacial score (nSPS) is 13.9. The van der Waals surface area contributed by atoms with Crippen molar-refractivity contribution in [1.82, 2.24) is 0 Å². The molecule has 0 atom stereocenters. The second-order valence-corrected chi connectivity index (χ2v) is 17.3. The lowest BCUT2D eigenvalue weighted by molar-refractivity contribution is 0.0390. The summed E-state index contributed by atoms with van der Waals surface area (Å²) in [7, 11) is 0. The summed E-state index contributed by atoms with van der Waals surface area (Å²) in [5.41, 5.74) is -0.869. The van der Waals surface area contributed by atoms with Crippen LogP contribution in [0.25, 0.3) is 64.6 Å². The molecule has 0 saturated heterocycles. The van der Waals surface area contributed by atoms with Gasteiger partial charge in [0.2, 0.25) is 0 Å². The number of carbonyl (C=O) groups excluding carboxylic acids is 6. The molecule has 0 N–H and O–H groups in total. The third-order valence-corrected chi connectivity index (χ3v) is 13.6. The summed E-state index contributed by atoms with van der Waals surface area (Å²) >= 11 is -7.92. The highest BCUT2D eigenvalue weighted by Crippen LogP contribution is 2.34. The van der Waals surface area contributed by atoms with Gasteiger partial charge in [0.05, 0.1) is 33.4 Å². The van der Waals surface area contributed by atoms with Crippen LogP contribution in [0.4, 0.5) is 0 Å². The van der Waals surface area contributed by atoms with Crippen molar-refractivity contribution in [3.63, 3.8) is 0 Å². The van der Waals surface area contributed by atoms with Crippen molar-refractivity contribution >= 4 is 131 Å². The third kappa shape index (κ3) is 6.29. The van der Waals surface area contributed by atoms with E-state index < -0.39 is 66.1 Å². The minimum absolute atomic E-state index is 0.0351. The van der Waals surface area contributed by atoms with Gasteiger partial charge < -0.3 is 22.7 Å². The molecule has 0 spiro atoms. The van der Waals surface area contributed by atoms with Crippen molar-refractivity contribution in [2.75, 3.05) is 0 Å². The maximum absolute atomic E-state index is 14.4. The zero-order valence-electron chi connectivity index (χ0n) is 31.9. The Labute approximate surface area is 359 Å². The van der Waals surface area contributed by atoms with Gasteiger partial charge in [-0.2, -0.15) is 0 Å². The van der Waals surface area contributed by atoms with E-state index in [1.54, 1.807) is 48.5 Å². The molecule has 0 unspecified atom stereocenters. The zero-order valence-corrected chi connectivity index (χ0v) is 34.2. The molecule has 2 heterocycles. The van der Waals surface area contributed by atoms with Crippen LogP contribution < -0.4 is 0 Å². The first-order valence-electron chi connectivity index (χ1n) is 19.3. The minimum atomic E-state index is -3.97. The van der Waals surface area contributed by atoms with E-state index in [0.29, 0.717) is 32.3 Å². The van der Waals surface area contributed by atoms with Gasteiger partial charge in [0.15, 0.2) is 0 Å². The van der Waals surface area contributed by atoms with E-state index in [0.717, 1.165) is 26.9 Å². The van der Waals surface area contributed by atoms with Gasteiger partial charge in [-0.15, -0.1) is 0 Å². The van der Waals surface area contributed by atoms with Crippen LogP contribution >= 0.6 is 0 Å². The predicted octanol–water partition coefficient (Wildman–Crippen LogP) is 8.94. The number of hydrogen-bond acceptors (Lipinski definition) is 12. The van der Waals surface area contributed by atoms with Crippen LogP contribution in [0.1, 0.15) is 62.1 Å². The molecule has 0 saturated carbocycles. The lowest BCUT2D eigenvalue weighted by Gasteiger charge is -2.16. The first-order chi connectivity index (χ1) is 30.2. The molecular formula is C48H24Al2O12. The number of rotatable bonds is 4. The SMILES string of the molecule is O=C1[O][Al]([O]C(=O)c2ccc3cc4ccccc4cc3c2C(=O)[O][Al]2[O]C(=O)c3ccc4cc5ccccc5cc4c3C(=O)[O]2)[O]C(=O)c2c1ccc1cc3ccccc3cc21. The van der Waals surface area contributed by atoms with Gasteiger partial charge in [0.25, 0.3) is 0 Å². The second-order valence-electron chi connectivity index (χ2n) is 14.7. The monoisotopic (exact) mass is 846 g/mol. The van der Waals surface area contributed by atoms with Crippen LogP contribution in [0.15, 0.2) is 146 Å². The highest BCUT2D eigenvalue weighted by atomic mass is 27.3. The number of fused-ring (bicyclic) bond motifs is 10. The zero-order chi connectivity index (χ0) is 42.2. The summed E-state index contributed by atoms with van der Waals surface area (Å²) < 4.78 is 33.7. The molecule has 62 heavy (non-hydrogen) atoms. The first kappa shape index (κ1) is 37.4. The molecule has 0 bridgehead atoms. The summed E-state index contributed by atoms with van der Waals surface area (Å²) in [5.74, 6) is -6.05. The van der Waals surface area contributed by atoms with E-state index in [1.807, 2.05) is 78.9 Å². The van der Waals surface area contributed by atoms with E-state index in [9.17, 15) is 28.8 Å². The van der Waals surface area contributed by atoms with Crippen LogP contribution in [-0.2, 0) is 22.7 Å². The van der Waals surface area contributed by atoms with Crippen molar-refractivity contribution in [2.45, 2.75) is 0 Å². The summed E-state index contributed by atoms with van der Waals surface area (Å²) in [5, 5.41) is 8.05. The van der Waals surface area contributed by atoms with E-state index in [2.05, 4.69) is 0 Å². The molecule has 0 radical (unpaired) electrons. The lowest BCUT2D eigenvalue weighted by Crippen LogP contribution is -2.34. The van der Waals surface area contributed by atoms with Gasteiger partial charge in [0.1, 0.15) is 0 Å². The van der Waals surface area contributed by atoms with Crippen LogP contribution in [0.3, 0.4) is 0 Å². The Hall–Kier alpha value is -7.58. The van der Waals surface area contributed by atoms with Gasteiger partial charge in [0, 0.05) is 0 Å². The highest BCUT2D eigenvalue weighted by Gasteiger charge is 2.54. The van der Waals surface area contributed by atoms with Gasteiger partial charge in [-0.25, -0.2) is 28.8 Å². The average molecular weight is 847 g/mol. The fourth-order valence-corrected chi connectivity index (χ4v) is 10.3. The summed E-state index contributed by atoms with van der Waals surface area (Å²) in [6, 6.07) is 42.4. The van der Waals surface area contributed by atoms with E-state index in [-0.39, 0.29) is 38.8 Å². The van der Waals surface area contributed by atoms with Gasteiger partial charge in [-0.3, -0.25) is 0 Å². The van der Waals surface area contributed by atoms with Crippen molar-refractivity contribution in [2.24, 2.45) is 0 Å². The molecule has 2 aliphatic rings. The minimum Gasteiger partial charge on any atom is -0.547 e. The smallest absolute Gasteiger partial charge is 0.547 e. The third-order valence-electron chi connectivity index (χ3n) is 11.1. The van der Waals surface area contributed by atoms with Gasteiger partial charge in [-0.05, 0) is 119 Å². The van der Waals surface area contributed by atoms with Crippen LogP contribution in [0.5, 0.6) is 0 Å². The maximum atomic E-state index is 14.4. The Kier molecular flexibility index (Phi) is 8.79. The topological polar surface area (TPSA) is 158 Å². The quantitative estimate of drug-likeness (QED) is 0.123. The molecule has 9 aromatic rings. The lowest BCUT2D eigenvalue weighted by atomic mass is 9.96. The molecule has 0 amide bonds. The maximum Gasteiger partial charge on any atom is 1.20 e. The number of benzene rings is 9. The molecule has 9 aromatic carbocycles. The largest absolute Gasteiger partial charge is 1.20 e. The Morgan fingerprint density at radius 1 is 0.371 bits per heavy atom. The Bertz CT molecular complexity index is 3530. The predicted molar refractivity (Wildman–Crippen MR) is 228 cm³/mol. The Morgan fingerprint density at radius 3 is 1.18 bits per heavy atom. The molecule has 11 rings (SSSR count). The molecule has 12 nitrogen and oxygen atoms in total. The number of carbonyl (C=O) groups is 6. The molecule has 2 aliphatic heterocycles. The Balaban J connectivity index is 0.929. The molecule has 294 valence electrons. The average Bonchev–Trinajstić information content (AvgIpc) is 3.47. The van der Waals surface area contributed by atoms with E-state index in [1.165, 1.54) is 18.2 Å². The summed E-state index contributed by atoms with van der Waals surface area (Å²) in [6.45, 7) is 0. The van der Waals surface area contributed by atoms with Gasteiger partial charge in [-0.1, -0.05) is 91.0 Å². The first-order valence-corrected chi connectivity index (χ1v) is 22.1. The fraction of sp³-hybridized carbons (Fsp3) is 0. The fourth-order valence-electron chi connectivity index (χ4n) is 8.25. The van der Waals surface area contributed by atoms with Crippen molar-refractivity contribution in [3.8, 4) is 0 Å². The van der Waals surface area contributed by atoms with E-state index >= 15 is 0 Å². The van der Waals surface area contributed by atoms with E-state index in [4.69, 9.17) is 22.7 Å². The van der Waals surface area contributed by atoms with Crippen LogP contribution in [-0.4, -0.2) is 66.1 Å². The Morgan fingerprint density at radius 2 is 0.726 bits per heavy atom.